The maximum atomic E-state index is 5.76. The minimum atomic E-state index is 1.03. The Labute approximate surface area is 178 Å². The Kier molecular flexibility index (Phi) is 7.61. The van der Waals surface area contributed by atoms with Gasteiger partial charge in [-0.25, -0.2) is 0 Å². The van der Waals surface area contributed by atoms with Gasteiger partial charge in [0.1, 0.15) is 0 Å². The number of hydrogen-bond acceptors (Lipinski definition) is 2. The quantitative estimate of drug-likeness (QED) is 0.234. The standard InChI is InChI=1S/C26H30S2/c1-5-9-11-13-15-21-22(16-14-12-10-6-2)26-24(18-20(8-4)28-26)23-17-19(7-3)27-25(21)23/h3-4,17-18H,5-6,9-16H2,1-2H3. The summed E-state index contributed by atoms with van der Waals surface area (Å²) in [6, 6.07) is 4.40. The van der Waals surface area contributed by atoms with Gasteiger partial charge in [-0.05, 0) is 48.9 Å². The van der Waals surface area contributed by atoms with Crippen LogP contribution >= 0.6 is 22.7 Å². The topological polar surface area (TPSA) is 0 Å². The second kappa shape index (κ2) is 10.2. The second-order valence-electron chi connectivity index (χ2n) is 7.57. The van der Waals surface area contributed by atoms with E-state index in [4.69, 9.17) is 12.8 Å². The van der Waals surface area contributed by atoms with E-state index in [0.29, 0.717) is 0 Å². The first-order valence-electron chi connectivity index (χ1n) is 10.7. The molecule has 0 saturated carbocycles. The van der Waals surface area contributed by atoms with Gasteiger partial charge in [0.15, 0.2) is 0 Å². The minimum Gasteiger partial charge on any atom is -0.126 e. The number of terminal acetylenes is 2. The largest absolute Gasteiger partial charge is 0.126 e. The van der Waals surface area contributed by atoms with E-state index in [-0.39, 0.29) is 0 Å². The lowest BCUT2D eigenvalue weighted by Crippen LogP contribution is -1.97. The third-order valence-corrected chi connectivity index (χ3v) is 7.76. The molecule has 0 N–H and O–H groups in total. The molecule has 0 bridgehead atoms. The van der Waals surface area contributed by atoms with Crippen LogP contribution in [0.1, 0.15) is 86.1 Å². The molecule has 0 nitrogen and oxygen atoms in total. The number of thiophene rings is 2. The van der Waals surface area contributed by atoms with Gasteiger partial charge in [0.2, 0.25) is 0 Å². The van der Waals surface area contributed by atoms with Gasteiger partial charge in [-0.2, -0.15) is 0 Å². The molecule has 0 saturated heterocycles. The van der Waals surface area contributed by atoms with E-state index >= 15 is 0 Å². The normalized spacial score (nSPS) is 11.1. The molecule has 0 aliphatic heterocycles. The smallest absolute Gasteiger partial charge is 0.0778 e. The first-order chi connectivity index (χ1) is 13.7. The molecule has 146 valence electrons. The molecule has 0 unspecified atom stereocenters. The van der Waals surface area contributed by atoms with Crippen LogP contribution in [0.5, 0.6) is 0 Å². The van der Waals surface area contributed by atoms with Gasteiger partial charge in [0.25, 0.3) is 0 Å². The van der Waals surface area contributed by atoms with Gasteiger partial charge in [-0.1, -0.05) is 64.2 Å². The molecule has 3 aromatic rings. The van der Waals surface area contributed by atoms with Gasteiger partial charge >= 0.3 is 0 Å². The van der Waals surface area contributed by atoms with Gasteiger partial charge in [-0.3, -0.25) is 0 Å². The zero-order valence-electron chi connectivity index (χ0n) is 17.2. The zero-order chi connectivity index (χ0) is 19.9. The molecule has 2 heteroatoms. The van der Waals surface area contributed by atoms with Crippen molar-refractivity contribution in [2.45, 2.75) is 78.1 Å². The maximum Gasteiger partial charge on any atom is 0.0778 e. The lowest BCUT2D eigenvalue weighted by Gasteiger charge is -2.13. The van der Waals surface area contributed by atoms with E-state index in [9.17, 15) is 0 Å². The summed E-state index contributed by atoms with van der Waals surface area (Å²) in [4.78, 5) is 2.06. The molecule has 28 heavy (non-hydrogen) atoms. The number of benzene rings is 1. The number of aryl methyl sites for hydroxylation is 2. The summed E-state index contributed by atoms with van der Waals surface area (Å²) in [5, 5.41) is 2.63. The molecule has 2 heterocycles. The monoisotopic (exact) mass is 406 g/mol. The van der Waals surface area contributed by atoms with Crippen LogP contribution in [0.4, 0.5) is 0 Å². The van der Waals surface area contributed by atoms with Crippen LogP contribution in [0.2, 0.25) is 0 Å². The van der Waals surface area contributed by atoms with Crippen LogP contribution in [-0.4, -0.2) is 0 Å². The van der Waals surface area contributed by atoms with Crippen LogP contribution in [0, 0.1) is 24.7 Å². The van der Waals surface area contributed by atoms with Crippen molar-refractivity contribution in [1.82, 2.24) is 0 Å². The molecule has 0 fully saturated rings. The number of fused-ring (bicyclic) bond motifs is 3. The number of unbranched alkanes of at least 4 members (excludes halogenated alkanes) is 6. The van der Waals surface area contributed by atoms with Crippen LogP contribution in [0.15, 0.2) is 12.1 Å². The predicted octanol–water partition coefficient (Wildman–Crippen LogP) is 8.32. The summed E-state index contributed by atoms with van der Waals surface area (Å²) in [5.41, 5.74) is 3.10. The Balaban J connectivity index is 2.12. The van der Waals surface area contributed by atoms with E-state index in [1.165, 1.54) is 71.5 Å². The van der Waals surface area contributed by atoms with Gasteiger partial charge in [-0.15, -0.1) is 35.5 Å². The molecular weight excluding hydrogens is 376 g/mol. The van der Waals surface area contributed by atoms with Crippen LogP contribution in [0.25, 0.3) is 20.2 Å². The van der Waals surface area contributed by atoms with Crippen molar-refractivity contribution in [2.75, 3.05) is 0 Å². The summed E-state index contributed by atoms with van der Waals surface area (Å²) in [5.74, 6) is 5.73. The van der Waals surface area contributed by atoms with Crippen molar-refractivity contribution >= 4 is 42.8 Å². The Morgan fingerprint density at radius 2 is 1.11 bits per heavy atom. The van der Waals surface area contributed by atoms with Gasteiger partial charge < -0.3 is 0 Å². The van der Waals surface area contributed by atoms with Crippen molar-refractivity contribution in [2.24, 2.45) is 0 Å². The fourth-order valence-electron chi connectivity index (χ4n) is 4.03. The zero-order valence-corrected chi connectivity index (χ0v) is 18.8. The summed E-state index contributed by atoms with van der Waals surface area (Å²) < 4.78 is 2.81. The molecule has 0 aliphatic carbocycles. The molecule has 0 amide bonds. The summed E-state index contributed by atoms with van der Waals surface area (Å²) in [6.45, 7) is 4.55. The van der Waals surface area contributed by atoms with Crippen molar-refractivity contribution in [1.29, 1.82) is 0 Å². The van der Waals surface area contributed by atoms with Gasteiger partial charge in [0.05, 0.1) is 9.75 Å². The Morgan fingerprint density at radius 1 is 0.679 bits per heavy atom. The third-order valence-electron chi connectivity index (χ3n) is 5.51. The summed E-state index contributed by atoms with van der Waals surface area (Å²) in [7, 11) is 0. The first kappa shape index (κ1) is 21.0. The molecular formula is C26H30S2. The molecule has 0 aliphatic rings. The van der Waals surface area contributed by atoms with Crippen molar-refractivity contribution in [3.63, 3.8) is 0 Å². The Morgan fingerprint density at radius 3 is 1.46 bits per heavy atom. The van der Waals surface area contributed by atoms with Crippen molar-refractivity contribution in [3.8, 4) is 24.7 Å². The summed E-state index contributed by atoms with van der Waals surface area (Å²) in [6.07, 6.45) is 24.1. The first-order valence-corrected chi connectivity index (χ1v) is 12.3. The van der Waals surface area contributed by atoms with E-state index in [1.807, 2.05) is 0 Å². The predicted molar refractivity (Wildman–Crippen MR) is 129 cm³/mol. The van der Waals surface area contributed by atoms with Crippen LogP contribution < -0.4 is 0 Å². The summed E-state index contributed by atoms with van der Waals surface area (Å²) >= 11 is 3.59. The van der Waals surface area contributed by atoms with Gasteiger partial charge in [0, 0.05) is 20.2 Å². The highest BCUT2D eigenvalue weighted by molar-refractivity contribution is 7.21. The maximum absolute atomic E-state index is 5.76. The highest BCUT2D eigenvalue weighted by atomic mass is 32.1. The van der Waals surface area contributed by atoms with E-state index < -0.39 is 0 Å². The fourth-order valence-corrected chi connectivity index (χ4v) is 6.20. The highest BCUT2D eigenvalue weighted by Crippen LogP contribution is 2.42. The number of hydrogen-bond donors (Lipinski definition) is 0. The average molecular weight is 407 g/mol. The fraction of sp³-hybridized carbons (Fsp3) is 0.462. The average Bonchev–Trinajstić information content (AvgIpc) is 3.33. The molecule has 0 radical (unpaired) electrons. The molecule has 1 aromatic carbocycles. The third kappa shape index (κ3) is 4.46. The molecule has 0 spiro atoms. The Hall–Kier alpha value is -1.74. The lowest BCUT2D eigenvalue weighted by molar-refractivity contribution is 0.654. The SMILES string of the molecule is C#Cc1cc2c(s1)c(CCCCCC)c(CCCCCC)c1sc(C#C)cc12. The van der Waals surface area contributed by atoms with E-state index in [1.54, 1.807) is 33.8 Å². The second-order valence-corrected chi connectivity index (χ2v) is 9.68. The molecule has 2 aromatic heterocycles. The molecule has 3 rings (SSSR count). The van der Waals surface area contributed by atoms with E-state index in [0.717, 1.165) is 22.6 Å². The van der Waals surface area contributed by atoms with Crippen molar-refractivity contribution < 1.29 is 0 Å². The van der Waals surface area contributed by atoms with Crippen LogP contribution in [0.3, 0.4) is 0 Å². The molecule has 0 atom stereocenters. The van der Waals surface area contributed by atoms with Crippen molar-refractivity contribution in [3.05, 3.63) is 33.0 Å². The minimum absolute atomic E-state index is 1.03. The number of rotatable bonds is 10. The highest BCUT2D eigenvalue weighted by Gasteiger charge is 2.18. The Bertz CT molecular complexity index is 933. The lowest BCUT2D eigenvalue weighted by atomic mass is 9.93. The van der Waals surface area contributed by atoms with Crippen LogP contribution in [-0.2, 0) is 12.8 Å². The van der Waals surface area contributed by atoms with E-state index in [2.05, 4.69) is 37.8 Å².